The van der Waals surface area contributed by atoms with Gasteiger partial charge in [-0.25, -0.2) is 0 Å². The van der Waals surface area contributed by atoms with Crippen LogP contribution < -0.4 is 5.32 Å². The van der Waals surface area contributed by atoms with E-state index in [1.807, 2.05) is 0 Å². The van der Waals surface area contributed by atoms with E-state index in [2.05, 4.69) is 29.1 Å². The van der Waals surface area contributed by atoms with Crippen LogP contribution in [0.15, 0.2) is 0 Å². The summed E-state index contributed by atoms with van der Waals surface area (Å²) in [7, 11) is 2.23. The molecule has 124 valence electrons. The van der Waals surface area contributed by atoms with Gasteiger partial charge >= 0.3 is 0 Å². The molecule has 1 aliphatic carbocycles. The van der Waals surface area contributed by atoms with Gasteiger partial charge in [0.25, 0.3) is 0 Å². The Kier molecular flexibility index (Phi) is 6.93. The van der Waals surface area contributed by atoms with Crippen LogP contribution in [0, 0.1) is 0 Å². The summed E-state index contributed by atoms with van der Waals surface area (Å²) in [6, 6.07) is 0.671. The van der Waals surface area contributed by atoms with Crippen LogP contribution in [0.5, 0.6) is 0 Å². The summed E-state index contributed by atoms with van der Waals surface area (Å²) in [6.07, 6.45) is 8.62. The van der Waals surface area contributed by atoms with Crippen molar-refractivity contribution in [1.82, 2.24) is 15.1 Å². The van der Waals surface area contributed by atoms with Crippen molar-refractivity contribution in [2.75, 3.05) is 46.4 Å². The summed E-state index contributed by atoms with van der Waals surface area (Å²) in [6.45, 7) is 8.59. The molecular formula is C17H35N3O. The SMILES string of the molecule is CCC(CO)(CCCN(C)CCN1CCCC1)NC1CC1. The minimum atomic E-state index is -0.0308. The third-order valence-corrected chi connectivity index (χ3v) is 5.26. The molecule has 1 aliphatic heterocycles. The normalized spacial score (nSPS) is 22.9. The van der Waals surface area contributed by atoms with Gasteiger partial charge in [0.15, 0.2) is 0 Å². The minimum Gasteiger partial charge on any atom is -0.394 e. The second-order valence-corrected chi connectivity index (χ2v) is 7.17. The van der Waals surface area contributed by atoms with Gasteiger partial charge in [0, 0.05) is 24.7 Å². The number of likely N-dealkylation sites (N-methyl/N-ethyl adjacent to an activating group) is 1. The Morgan fingerprint density at radius 2 is 1.95 bits per heavy atom. The summed E-state index contributed by atoms with van der Waals surface area (Å²) in [5.74, 6) is 0. The van der Waals surface area contributed by atoms with E-state index in [-0.39, 0.29) is 12.1 Å². The molecule has 1 saturated heterocycles. The Bertz CT molecular complexity index is 284. The van der Waals surface area contributed by atoms with E-state index in [0.717, 1.165) is 19.4 Å². The van der Waals surface area contributed by atoms with Crippen molar-refractivity contribution in [3.8, 4) is 0 Å². The lowest BCUT2D eigenvalue weighted by Crippen LogP contribution is -2.49. The fraction of sp³-hybridized carbons (Fsp3) is 1.00. The smallest absolute Gasteiger partial charge is 0.0613 e. The highest BCUT2D eigenvalue weighted by molar-refractivity contribution is 4.94. The zero-order chi connectivity index (χ0) is 15.1. The van der Waals surface area contributed by atoms with Gasteiger partial charge in [0.2, 0.25) is 0 Å². The van der Waals surface area contributed by atoms with E-state index in [1.54, 1.807) is 0 Å². The number of nitrogens with zero attached hydrogens (tertiary/aromatic N) is 2. The van der Waals surface area contributed by atoms with E-state index in [0.29, 0.717) is 6.04 Å². The van der Waals surface area contributed by atoms with E-state index in [4.69, 9.17) is 0 Å². The predicted molar refractivity (Wildman–Crippen MR) is 88.7 cm³/mol. The maximum absolute atomic E-state index is 9.78. The Morgan fingerprint density at radius 3 is 2.52 bits per heavy atom. The highest BCUT2D eigenvalue weighted by Gasteiger charge is 2.33. The number of likely N-dealkylation sites (tertiary alicyclic amines) is 1. The third kappa shape index (κ3) is 5.85. The topological polar surface area (TPSA) is 38.7 Å². The number of aliphatic hydroxyl groups is 1. The predicted octanol–water partition coefficient (Wildman–Crippen LogP) is 1.69. The molecule has 4 heteroatoms. The molecule has 4 nitrogen and oxygen atoms in total. The molecule has 0 aromatic rings. The van der Waals surface area contributed by atoms with Crippen LogP contribution >= 0.6 is 0 Å². The van der Waals surface area contributed by atoms with Gasteiger partial charge < -0.3 is 20.2 Å². The van der Waals surface area contributed by atoms with Crippen LogP contribution in [-0.2, 0) is 0 Å². The molecule has 21 heavy (non-hydrogen) atoms. The molecule has 2 N–H and O–H groups in total. The fourth-order valence-electron chi connectivity index (χ4n) is 3.37. The lowest BCUT2D eigenvalue weighted by Gasteiger charge is -2.33. The Labute approximate surface area is 130 Å². The van der Waals surface area contributed by atoms with Crippen LogP contribution in [0.25, 0.3) is 0 Å². The molecule has 0 spiro atoms. The van der Waals surface area contributed by atoms with Crippen LogP contribution in [0.4, 0.5) is 0 Å². The van der Waals surface area contributed by atoms with E-state index < -0.39 is 0 Å². The van der Waals surface area contributed by atoms with Crippen molar-refractivity contribution >= 4 is 0 Å². The lowest BCUT2D eigenvalue weighted by molar-refractivity contribution is 0.137. The summed E-state index contributed by atoms with van der Waals surface area (Å²) in [5.41, 5.74) is -0.0308. The monoisotopic (exact) mass is 297 g/mol. The summed E-state index contributed by atoms with van der Waals surface area (Å²) in [4.78, 5) is 5.03. The first kappa shape index (κ1) is 17.2. The molecule has 0 radical (unpaired) electrons. The molecule has 0 aromatic carbocycles. The maximum Gasteiger partial charge on any atom is 0.0613 e. The Balaban J connectivity index is 1.61. The molecule has 2 aliphatic rings. The number of aliphatic hydroxyl groups excluding tert-OH is 1. The first-order chi connectivity index (χ1) is 10.2. The van der Waals surface area contributed by atoms with Crippen molar-refractivity contribution < 1.29 is 5.11 Å². The first-order valence-electron chi connectivity index (χ1n) is 8.97. The molecule has 1 atom stereocenters. The quantitative estimate of drug-likeness (QED) is 0.609. The fourth-order valence-corrected chi connectivity index (χ4v) is 3.37. The highest BCUT2D eigenvalue weighted by Crippen LogP contribution is 2.26. The minimum absolute atomic E-state index is 0.0308. The van der Waals surface area contributed by atoms with Gasteiger partial charge in [-0.15, -0.1) is 0 Å². The average Bonchev–Trinajstić information content (AvgIpc) is 3.15. The van der Waals surface area contributed by atoms with Gasteiger partial charge in [-0.3, -0.25) is 0 Å². The van der Waals surface area contributed by atoms with Crippen LogP contribution in [-0.4, -0.2) is 72.9 Å². The van der Waals surface area contributed by atoms with Gasteiger partial charge in [0.05, 0.1) is 6.61 Å². The van der Waals surface area contributed by atoms with Crippen LogP contribution in [0.1, 0.15) is 51.9 Å². The zero-order valence-corrected chi connectivity index (χ0v) is 14.1. The maximum atomic E-state index is 9.78. The second-order valence-electron chi connectivity index (χ2n) is 7.17. The van der Waals surface area contributed by atoms with Crippen LogP contribution in [0.3, 0.4) is 0 Å². The van der Waals surface area contributed by atoms with E-state index in [9.17, 15) is 5.11 Å². The first-order valence-corrected chi connectivity index (χ1v) is 8.97. The van der Waals surface area contributed by atoms with Crippen molar-refractivity contribution in [1.29, 1.82) is 0 Å². The zero-order valence-electron chi connectivity index (χ0n) is 14.1. The van der Waals surface area contributed by atoms with E-state index in [1.165, 1.54) is 58.3 Å². The summed E-state index contributed by atoms with van der Waals surface area (Å²) < 4.78 is 0. The van der Waals surface area contributed by atoms with E-state index >= 15 is 0 Å². The Hall–Kier alpha value is -0.160. The largest absolute Gasteiger partial charge is 0.394 e. The van der Waals surface area contributed by atoms with Crippen molar-refractivity contribution in [3.05, 3.63) is 0 Å². The molecule has 1 heterocycles. The number of rotatable bonds is 11. The van der Waals surface area contributed by atoms with Gasteiger partial charge in [-0.1, -0.05) is 6.92 Å². The highest BCUT2D eigenvalue weighted by atomic mass is 16.3. The molecule has 0 bridgehead atoms. The van der Waals surface area contributed by atoms with Crippen molar-refractivity contribution in [3.63, 3.8) is 0 Å². The number of hydrogen-bond acceptors (Lipinski definition) is 4. The lowest BCUT2D eigenvalue weighted by atomic mass is 9.91. The number of nitrogens with one attached hydrogen (secondary N) is 1. The third-order valence-electron chi connectivity index (χ3n) is 5.26. The summed E-state index contributed by atoms with van der Waals surface area (Å²) in [5, 5.41) is 13.5. The average molecular weight is 297 g/mol. The summed E-state index contributed by atoms with van der Waals surface area (Å²) >= 11 is 0. The molecule has 2 fully saturated rings. The molecule has 2 rings (SSSR count). The van der Waals surface area contributed by atoms with Crippen molar-refractivity contribution in [2.24, 2.45) is 0 Å². The molecule has 1 saturated carbocycles. The molecular weight excluding hydrogens is 262 g/mol. The van der Waals surface area contributed by atoms with Crippen LogP contribution in [0.2, 0.25) is 0 Å². The van der Waals surface area contributed by atoms with Gasteiger partial charge in [-0.2, -0.15) is 0 Å². The standard InChI is InChI=1S/C17H35N3O/c1-3-17(15-21,18-16-7-8-16)9-6-10-19(2)13-14-20-11-4-5-12-20/h16,18,21H,3-15H2,1-2H3. The van der Waals surface area contributed by atoms with Gasteiger partial charge in [0.1, 0.15) is 0 Å². The second kappa shape index (κ2) is 8.47. The molecule has 0 aromatic heterocycles. The molecule has 0 amide bonds. The number of hydrogen-bond donors (Lipinski definition) is 2. The van der Waals surface area contributed by atoms with Gasteiger partial charge in [-0.05, 0) is 71.6 Å². The Morgan fingerprint density at radius 1 is 1.24 bits per heavy atom. The van der Waals surface area contributed by atoms with Crippen molar-refractivity contribution in [2.45, 2.75) is 63.5 Å². The molecule has 1 unspecified atom stereocenters.